The van der Waals surface area contributed by atoms with Gasteiger partial charge in [0.15, 0.2) is 5.82 Å². The molecule has 0 fully saturated rings. The minimum atomic E-state index is 0.816. The van der Waals surface area contributed by atoms with Gasteiger partial charge in [0.25, 0.3) is 0 Å². The Morgan fingerprint density at radius 3 is 2.76 bits per heavy atom. The number of nitrogens with one attached hydrogen (secondary N) is 1. The summed E-state index contributed by atoms with van der Waals surface area (Å²) in [6, 6.07) is 8.20. The van der Waals surface area contributed by atoms with Crippen molar-refractivity contribution >= 4 is 0 Å². The highest BCUT2D eigenvalue weighted by molar-refractivity contribution is 5.59. The Morgan fingerprint density at radius 1 is 1.29 bits per heavy atom. The normalized spacial score (nSPS) is 10.8. The van der Waals surface area contributed by atoms with Crippen LogP contribution >= 0.6 is 0 Å². The van der Waals surface area contributed by atoms with Crippen LogP contribution in [-0.2, 0) is 13.5 Å². The van der Waals surface area contributed by atoms with Crippen LogP contribution in [0.25, 0.3) is 11.4 Å². The molecule has 2 aromatic rings. The van der Waals surface area contributed by atoms with Crippen LogP contribution in [0, 0.1) is 6.92 Å². The summed E-state index contributed by atoms with van der Waals surface area (Å²) < 4.78 is 1.86. The molecule has 0 bridgehead atoms. The zero-order chi connectivity index (χ0) is 12.3. The Labute approximate surface area is 102 Å². The van der Waals surface area contributed by atoms with Gasteiger partial charge in [0.1, 0.15) is 5.82 Å². The molecule has 0 radical (unpaired) electrons. The lowest BCUT2D eigenvalue weighted by Crippen LogP contribution is -2.13. The van der Waals surface area contributed by atoms with Crippen LogP contribution in [0.4, 0.5) is 0 Å². The summed E-state index contributed by atoms with van der Waals surface area (Å²) in [5.41, 5.74) is 2.32. The van der Waals surface area contributed by atoms with Gasteiger partial charge in [0, 0.05) is 25.6 Å². The molecule has 1 N–H and O–H groups in total. The molecule has 0 aliphatic heterocycles. The van der Waals surface area contributed by atoms with E-state index in [0.717, 1.165) is 30.2 Å². The summed E-state index contributed by atoms with van der Waals surface area (Å²) in [5, 5.41) is 7.60. The lowest BCUT2D eigenvalue weighted by atomic mass is 10.1. The zero-order valence-corrected chi connectivity index (χ0v) is 10.6. The third-order valence-corrected chi connectivity index (χ3v) is 2.84. The van der Waals surface area contributed by atoms with Crippen molar-refractivity contribution < 1.29 is 0 Å². The van der Waals surface area contributed by atoms with Gasteiger partial charge in [-0.1, -0.05) is 24.3 Å². The first-order chi connectivity index (χ1) is 8.22. The number of rotatable bonds is 4. The molecule has 1 heterocycles. The molecule has 0 aliphatic rings. The molecular formula is C13H18N4. The second-order valence-corrected chi connectivity index (χ2v) is 4.14. The second kappa shape index (κ2) is 5.10. The van der Waals surface area contributed by atoms with Gasteiger partial charge in [-0.3, -0.25) is 4.68 Å². The van der Waals surface area contributed by atoms with Crippen LogP contribution in [0.3, 0.4) is 0 Å². The van der Waals surface area contributed by atoms with Crippen LogP contribution in [0.5, 0.6) is 0 Å². The van der Waals surface area contributed by atoms with Crippen molar-refractivity contribution in [2.75, 3.05) is 13.6 Å². The van der Waals surface area contributed by atoms with Crippen molar-refractivity contribution in [1.29, 1.82) is 0 Å². The molecule has 0 unspecified atom stereocenters. The molecular weight excluding hydrogens is 212 g/mol. The van der Waals surface area contributed by atoms with Crippen molar-refractivity contribution in [2.24, 2.45) is 7.05 Å². The number of hydrogen-bond donors (Lipinski definition) is 1. The topological polar surface area (TPSA) is 42.7 Å². The van der Waals surface area contributed by atoms with Crippen molar-refractivity contribution in [2.45, 2.75) is 13.3 Å². The molecule has 0 saturated carbocycles. The highest BCUT2D eigenvalue weighted by atomic mass is 15.3. The largest absolute Gasteiger partial charge is 0.319 e. The molecule has 4 heteroatoms. The van der Waals surface area contributed by atoms with Crippen LogP contribution in [0.15, 0.2) is 24.3 Å². The van der Waals surface area contributed by atoms with Crippen LogP contribution in [-0.4, -0.2) is 28.4 Å². The number of benzene rings is 1. The van der Waals surface area contributed by atoms with E-state index in [4.69, 9.17) is 0 Å². The summed E-state index contributed by atoms with van der Waals surface area (Å²) in [4.78, 5) is 4.59. The van der Waals surface area contributed by atoms with E-state index in [-0.39, 0.29) is 0 Å². The van der Waals surface area contributed by atoms with Gasteiger partial charge in [-0.25, -0.2) is 4.98 Å². The first-order valence-electron chi connectivity index (χ1n) is 5.83. The lowest BCUT2D eigenvalue weighted by Gasteiger charge is -1.98. The molecule has 1 aromatic heterocycles. The summed E-state index contributed by atoms with van der Waals surface area (Å²) in [7, 11) is 3.89. The fourth-order valence-electron chi connectivity index (χ4n) is 1.81. The van der Waals surface area contributed by atoms with E-state index in [9.17, 15) is 0 Å². The van der Waals surface area contributed by atoms with E-state index in [1.54, 1.807) is 0 Å². The minimum Gasteiger partial charge on any atom is -0.319 e. The fraction of sp³-hybridized carbons (Fsp3) is 0.385. The second-order valence-electron chi connectivity index (χ2n) is 4.14. The van der Waals surface area contributed by atoms with Gasteiger partial charge >= 0.3 is 0 Å². The zero-order valence-electron chi connectivity index (χ0n) is 10.6. The molecule has 0 atom stereocenters. The van der Waals surface area contributed by atoms with Crippen molar-refractivity contribution in [3.05, 3.63) is 35.7 Å². The third kappa shape index (κ3) is 2.53. The Balaban J connectivity index is 2.31. The van der Waals surface area contributed by atoms with Gasteiger partial charge in [-0.05, 0) is 19.5 Å². The maximum absolute atomic E-state index is 4.59. The quantitative estimate of drug-likeness (QED) is 0.866. The Hall–Kier alpha value is -1.68. The highest BCUT2D eigenvalue weighted by Crippen LogP contribution is 2.19. The Kier molecular flexibility index (Phi) is 3.54. The average molecular weight is 230 g/mol. The number of aryl methyl sites for hydroxylation is 2. The molecule has 0 aliphatic carbocycles. The fourth-order valence-corrected chi connectivity index (χ4v) is 1.81. The molecule has 0 spiro atoms. The lowest BCUT2D eigenvalue weighted by molar-refractivity contribution is 0.671. The van der Waals surface area contributed by atoms with Gasteiger partial charge in [0.2, 0.25) is 0 Å². The molecule has 90 valence electrons. The Morgan fingerprint density at radius 2 is 2.06 bits per heavy atom. The average Bonchev–Trinajstić information content (AvgIpc) is 2.68. The van der Waals surface area contributed by atoms with Gasteiger partial charge in [-0.2, -0.15) is 5.10 Å². The monoisotopic (exact) mass is 230 g/mol. The van der Waals surface area contributed by atoms with Crippen molar-refractivity contribution in [3.8, 4) is 11.4 Å². The van der Waals surface area contributed by atoms with E-state index in [2.05, 4.69) is 34.5 Å². The van der Waals surface area contributed by atoms with Gasteiger partial charge in [0.05, 0.1) is 0 Å². The highest BCUT2D eigenvalue weighted by Gasteiger charge is 2.10. The summed E-state index contributed by atoms with van der Waals surface area (Å²) >= 11 is 0. The molecule has 0 saturated heterocycles. The van der Waals surface area contributed by atoms with E-state index < -0.39 is 0 Å². The summed E-state index contributed by atoms with van der Waals surface area (Å²) in [6.07, 6.45) is 0.895. The molecule has 0 amide bonds. The predicted molar refractivity (Wildman–Crippen MR) is 68.8 cm³/mol. The van der Waals surface area contributed by atoms with Crippen LogP contribution < -0.4 is 5.32 Å². The first kappa shape index (κ1) is 11.8. The molecule has 2 rings (SSSR count). The maximum atomic E-state index is 4.59. The minimum absolute atomic E-state index is 0.816. The number of hydrogen-bond acceptors (Lipinski definition) is 3. The Bertz CT molecular complexity index is 502. The summed E-state index contributed by atoms with van der Waals surface area (Å²) in [6.45, 7) is 3.00. The van der Waals surface area contributed by atoms with Crippen LogP contribution in [0.2, 0.25) is 0 Å². The molecule has 1 aromatic carbocycles. The van der Waals surface area contributed by atoms with Gasteiger partial charge < -0.3 is 5.32 Å². The maximum Gasteiger partial charge on any atom is 0.181 e. The smallest absolute Gasteiger partial charge is 0.181 e. The van der Waals surface area contributed by atoms with E-state index >= 15 is 0 Å². The van der Waals surface area contributed by atoms with E-state index in [1.807, 2.05) is 30.9 Å². The first-order valence-corrected chi connectivity index (χ1v) is 5.83. The van der Waals surface area contributed by atoms with Crippen molar-refractivity contribution in [3.63, 3.8) is 0 Å². The van der Waals surface area contributed by atoms with E-state index in [1.165, 1.54) is 5.56 Å². The van der Waals surface area contributed by atoms with E-state index in [0.29, 0.717) is 0 Å². The standard InChI is InChI=1S/C13H18N4/c1-10-6-4-5-7-11(10)13-15-12(8-9-14-2)17(3)16-13/h4-7,14H,8-9H2,1-3H3. The van der Waals surface area contributed by atoms with Gasteiger partial charge in [-0.15, -0.1) is 0 Å². The molecule has 17 heavy (non-hydrogen) atoms. The third-order valence-electron chi connectivity index (χ3n) is 2.84. The number of likely N-dealkylation sites (N-methyl/N-ethyl adjacent to an activating group) is 1. The van der Waals surface area contributed by atoms with Crippen LogP contribution in [0.1, 0.15) is 11.4 Å². The summed E-state index contributed by atoms with van der Waals surface area (Å²) in [5.74, 6) is 1.83. The predicted octanol–water partition coefficient (Wildman–Crippen LogP) is 1.55. The SMILES string of the molecule is CNCCc1nc(-c2ccccc2C)nn1C. The molecule has 4 nitrogen and oxygen atoms in total. The number of aromatic nitrogens is 3. The number of nitrogens with zero attached hydrogens (tertiary/aromatic N) is 3. The van der Waals surface area contributed by atoms with Crippen molar-refractivity contribution in [1.82, 2.24) is 20.1 Å².